The van der Waals surface area contributed by atoms with Gasteiger partial charge in [-0.05, 0) is 6.92 Å². The van der Waals surface area contributed by atoms with E-state index in [-0.39, 0.29) is 47.6 Å². The van der Waals surface area contributed by atoms with Crippen molar-refractivity contribution in [3.05, 3.63) is 0 Å². The van der Waals surface area contributed by atoms with Crippen LogP contribution >= 0.6 is 0 Å². The molecule has 0 aromatic heterocycles. The first-order valence-corrected chi connectivity index (χ1v) is 6.86. The minimum absolute atomic E-state index is 0.0370. The molecule has 4 fully saturated rings. The van der Waals surface area contributed by atoms with Crippen molar-refractivity contribution < 1.29 is 52.1 Å². The second-order valence-corrected chi connectivity index (χ2v) is 3.80. The Hall–Kier alpha value is -0.440. The summed E-state index contributed by atoms with van der Waals surface area (Å²) in [6.45, 7) is 2.38. The molecule has 138 valence electrons. The van der Waals surface area contributed by atoms with Gasteiger partial charge in [0.15, 0.2) is 47.6 Å². The lowest BCUT2D eigenvalue weighted by atomic mass is 10.9. The zero-order valence-corrected chi connectivity index (χ0v) is 13.3. The molecule has 0 unspecified atom stereocenters. The molecule has 0 amide bonds. The van der Waals surface area contributed by atoms with Crippen LogP contribution in [0.1, 0.15) is 6.92 Å². The summed E-state index contributed by atoms with van der Waals surface area (Å²) >= 11 is 0. The first kappa shape index (κ1) is 20.6. The normalized spacial score (nSPS) is 28.4. The highest BCUT2D eigenvalue weighted by Gasteiger charge is 2.22. The largest absolute Gasteiger partial charge is 0.385 e. The van der Waals surface area contributed by atoms with Gasteiger partial charge in [-0.2, -0.15) is 0 Å². The van der Waals surface area contributed by atoms with Gasteiger partial charge in [0.05, 0.1) is 0 Å². The quantitative estimate of drug-likeness (QED) is 0.647. The monoisotopic (exact) mass is 344 g/mol. The molecule has 11 nitrogen and oxygen atoms in total. The van der Waals surface area contributed by atoms with E-state index in [9.17, 15) is 0 Å². The second kappa shape index (κ2) is 15.1. The Morgan fingerprint density at radius 2 is 0.870 bits per heavy atom. The molecule has 4 aliphatic heterocycles. The average Bonchev–Trinajstić information content (AvgIpc) is 2.45. The van der Waals surface area contributed by atoms with E-state index in [4.69, 9.17) is 47.4 Å². The van der Waals surface area contributed by atoms with Crippen molar-refractivity contribution in [3.8, 4) is 0 Å². The first-order valence-electron chi connectivity index (χ1n) is 6.86. The van der Waals surface area contributed by atoms with Gasteiger partial charge >= 0.3 is 0 Å². The van der Waals surface area contributed by atoms with Crippen LogP contribution in [0.5, 0.6) is 0 Å². The number of methoxy groups -OCH3 is 1. The summed E-state index contributed by atoms with van der Waals surface area (Å²) in [6, 6.07) is 0. The highest BCUT2D eigenvalue weighted by atomic mass is 17.0. The number of hydrogen-bond donors (Lipinski definition) is 0. The lowest BCUT2D eigenvalue weighted by molar-refractivity contribution is -0.470. The summed E-state index contributed by atoms with van der Waals surface area (Å²) in [6.07, 6.45) is 0. The Kier molecular flexibility index (Phi) is 13.5. The van der Waals surface area contributed by atoms with Gasteiger partial charge in [-0.1, -0.05) is 0 Å². The van der Waals surface area contributed by atoms with Crippen molar-refractivity contribution in [1.82, 2.24) is 0 Å². The maximum atomic E-state index is 4.93. The van der Waals surface area contributed by atoms with Gasteiger partial charge in [0.2, 0.25) is 0 Å². The van der Waals surface area contributed by atoms with Gasteiger partial charge in [0.1, 0.15) is 0 Å². The van der Waals surface area contributed by atoms with Gasteiger partial charge in [-0.3, -0.25) is 0 Å². The summed E-state index contributed by atoms with van der Waals surface area (Å²) in [4.78, 5) is 0. The maximum absolute atomic E-state index is 4.93. The summed E-state index contributed by atoms with van der Waals surface area (Å²) in [7, 11) is 1.68. The van der Waals surface area contributed by atoms with Crippen LogP contribution in [-0.4, -0.2) is 74.2 Å². The molecule has 4 heterocycles. The average molecular weight is 344 g/mol. The molecule has 2 bridgehead atoms. The molecule has 0 aromatic carbocycles. The summed E-state index contributed by atoms with van der Waals surface area (Å²) in [5.74, 6) is 0. The number of ether oxygens (including phenoxy) is 11. The number of hydrogen-bond acceptors (Lipinski definition) is 11. The molecule has 4 aliphatic rings. The van der Waals surface area contributed by atoms with Gasteiger partial charge in [-0.25, -0.2) is 0 Å². The molecule has 0 radical (unpaired) electrons. The summed E-state index contributed by atoms with van der Waals surface area (Å²) in [5.41, 5.74) is 0. The van der Waals surface area contributed by atoms with E-state index in [0.717, 1.165) is 6.61 Å². The standard InChI is InChI=1S/C5H8O6.C4H8O4.C3H8O/c1-6-4-8-2-9-5(7-1)11-3-10-4;1-5-2-7-4-8-3-6-1;1-3-4-2/h4-5H,1-3H2;1-4H2;3H2,1-2H3. The highest BCUT2D eigenvalue weighted by molar-refractivity contribution is 4.30. The Bertz CT molecular complexity index is 193. The molecular formula is C12H24O11. The smallest absolute Gasteiger partial charge is 0.277 e. The third-order valence-electron chi connectivity index (χ3n) is 2.18. The fraction of sp³-hybridized carbons (Fsp3) is 1.00. The van der Waals surface area contributed by atoms with Crippen molar-refractivity contribution in [3.63, 3.8) is 0 Å². The predicted octanol–water partition coefficient (Wildman–Crippen LogP) is 0.102. The van der Waals surface area contributed by atoms with Crippen molar-refractivity contribution >= 4 is 0 Å². The molecule has 0 aromatic rings. The van der Waals surface area contributed by atoms with Gasteiger partial charge in [-0.15, -0.1) is 0 Å². The Morgan fingerprint density at radius 1 is 0.609 bits per heavy atom. The molecule has 4 rings (SSSR count). The zero-order valence-electron chi connectivity index (χ0n) is 13.3. The second-order valence-electron chi connectivity index (χ2n) is 3.80. The van der Waals surface area contributed by atoms with Crippen molar-refractivity contribution in [2.45, 2.75) is 19.9 Å². The molecule has 4 saturated heterocycles. The zero-order chi connectivity index (χ0) is 16.6. The van der Waals surface area contributed by atoms with Crippen LogP contribution in [-0.2, 0) is 52.1 Å². The molecule has 0 atom stereocenters. The molecule has 23 heavy (non-hydrogen) atoms. The van der Waals surface area contributed by atoms with E-state index in [2.05, 4.69) is 4.74 Å². The van der Waals surface area contributed by atoms with E-state index < -0.39 is 13.0 Å². The van der Waals surface area contributed by atoms with Gasteiger partial charge in [0, 0.05) is 13.7 Å². The van der Waals surface area contributed by atoms with Crippen LogP contribution in [0.2, 0.25) is 0 Å². The number of fused-ring (bicyclic) bond motifs is 6. The van der Waals surface area contributed by atoms with E-state index in [1.807, 2.05) is 6.92 Å². The minimum atomic E-state index is -0.753. The van der Waals surface area contributed by atoms with E-state index in [0.29, 0.717) is 0 Å². The Labute approximate surface area is 134 Å². The van der Waals surface area contributed by atoms with E-state index >= 15 is 0 Å². The molecule has 0 saturated carbocycles. The molecular weight excluding hydrogens is 320 g/mol. The van der Waals surface area contributed by atoms with Crippen molar-refractivity contribution in [2.24, 2.45) is 0 Å². The third-order valence-corrected chi connectivity index (χ3v) is 2.18. The topological polar surface area (TPSA) is 102 Å². The number of rotatable bonds is 1. The SMILES string of the molecule is C1OC2OCOC(O1)OCO2.C1OCOCOCO1.CCOC. The van der Waals surface area contributed by atoms with Gasteiger partial charge in [0.25, 0.3) is 13.0 Å². The van der Waals surface area contributed by atoms with Crippen LogP contribution in [0.15, 0.2) is 0 Å². The maximum Gasteiger partial charge on any atom is 0.277 e. The molecule has 0 N–H and O–H groups in total. The lowest BCUT2D eigenvalue weighted by Gasteiger charge is -2.29. The molecule has 0 spiro atoms. The highest BCUT2D eigenvalue weighted by Crippen LogP contribution is 2.11. The minimum Gasteiger partial charge on any atom is -0.385 e. The summed E-state index contributed by atoms with van der Waals surface area (Å²) < 4.78 is 53.1. The fourth-order valence-electron chi connectivity index (χ4n) is 1.11. The van der Waals surface area contributed by atoms with E-state index in [1.54, 1.807) is 7.11 Å². The van der Waals surface area contributed by atoms with Crippen LogP contribution < -0.4 is 0 Å². The van der Waals surface area contributed by atoms with Crippen molar-refractivity contribution in [1.29, 1.82) is 0 Å². The van der Waals surface area contributed by atoms with E-state index in [1.165, 1.54) is 0 Å². The van der Waals surface area contributed by atoms with Gasteiger partial charge < -0.3 is 52.1 Å². The first-order chi connectivity index (χ1) is 11.4. The summed E-state index contributed by atoms with van der Waals surface area (Å²) in [5, 5.41) is 0. The third kappa shape index (κ3) is 11.7. The van der Waals surface area contributed by atoms with Crippen LogP contribution in [0.25, 0.3) is 0 Å². The lowest BCUT2D eigenvalue weighted by Crippen LogP contribution is -2.37. The fourth-order valence-corrected chi connectivity index (χ4v) is 1.11. The van der Waals surface area contributed by atoms with Crippen LogP contribution in [0.3, 0.4) is 0 Å². The van der Waals surface area contributed by atoms with Crippen LogP contribution in [0.4, 0.5) is 0 Å². The Morgan fingerprint density at radius 3 is 1.09 bits per heavy atom. The predicted molar refractivity (Wildman–Crippen MR) is 70.0 cm³/mol. The Balaban J connectivity index is 0.000000194. The van der Waals surface area contributed by atoms with Crippen molar-refractivity contribution in [2.75, 3.05) is 61.3 Å². The molecule has 0 aliphatic carbocycles. The van der Waals surface area contributed by atoms with Crippen LogP contribution in [0, 0.1) is 0 Å². The molecule has 11 heteroatoms.